The molecule has 0 unspecified atom stereocenters. The zero-order valence-electron chi connectivity index (χ0n) is 8.72. The number of hydrogen-bond donors (Lipinski definition) is 2. The van der Waals surface area contributed by atoms with Gasteiger partial charge in [-0.2, -0.15) is 0 Å². The van der Waals surface area contributed by atoms with Crippen molar-refractivity contribution in [1.29, 1.82) is 0 Å². The number of hydrogen-bond acceptors (Lipinski definition) is 3. The Labute approximate surface area is 88.1 Å². The Bertz CT molecular complexity index is 399. The number of carbonyl (C=O) groups is 2. The summed E-state index contributed by atoms with van der Waals surface area (Å²) < 4.78 is 0. The summed E-state index contributed by atoms with van der Waals surface area (Å²) in [5.74, 6) is 0.269. The van der Waals surface area contributed by atoms with Gasteiger partial charge in [-0.1, -0.05) is 6.92 Å². The van der Waals surface area contributed by atoms with Crippen LogP contribution in [0.3, 0.4) is 0 Å². The Kier molecular flexibility index (Phi) is 1.56. The molecule has 3 rings (SSSR count). The van der Waals surface area contributed by atoms with Crippen molar-refractivity contribution in [2.45, 2.75) is 38.8 Å². The molecule has 4 nitrogen and oxygen atoms in total. The third-order valence-electron chi connectivity index (χ3n) is 3.77. The van der Waals surface area contributed by atoms with Gasteiger partial charge in [-0.3, -0.25) is 9.59 Å². The average Bonchev–Trinajstić information content (AvgIpc) is 2.54. The number of amides is 1. The van der Waals surface area contributed by atoms with Crippen LogP contribution < -0.4 is 10.6 Å². The highest BCUT2D eigenvalue weighted by Crippen LogP contribution is 2.47. The maximum Gasteiger partial charge on any atom is 0.222 e. The standard InChI is InChI=1S/C11H14N2O2/c1-11-5-8(15)13-10(11)12-6-3-2-4-7(14)9(6)11/h10,12H,2-5H2,1H3,(H,13,15)/t10-,11-/m0/s1. The first-order valence-corrected chi connectivity index (χ1v) is 5.44. The number of carbonyl (C=O) groups excluding carboxylic acids is 2. The van der Waals surface area contributed by atoms with Crippen molar-refractivity contribution in [2.75, 3.05) is 0 Å². The van der Waals surface area contributed by atoms with Gasteiger partial charge in [-0.25, -0.2) is 0 Å². The van der Waals surface area contributed by atoms with E-state index >= 15 is 0 Å². The predicted molar refractivity (Wildman–Crippen MR) is 53.7 cm³/mol. The Morgan fingerprint density at radius 3 is 2.87 bits per heavy atom. The summed E-state index contributed by atoms with van der Waals surface area (Å²) in [5.41, 5.74) is 1.65. The minimum absolute atomic E-state index is 0.0416. The summed E-state index contributed by atoms with van der Waals surface area (Å²) in [6.45, 7) is 2.01. The van der Waals surface area contributed by atoms with Crippen molar-refractivity contribution in [1.82, 2.24) is 10.6 Å². The lowest BCUT2D eigenvalue weighted by atomic mass is 9.75. The highest BCUT2D eigenvalue weighted by atomic mass is 16.2. The molecule has 2 atom stereocenters. The molecule has 80 valence electrons. The second-order valence-electron chi connectivity index (χ2n) is 4.87. The van der Waals surface area contributed by atoms with E-state index in [-0.39, 0.29) is 23.3 Å². The molecule has 0 spiro atoms. The van der Waals surface area contributed by atoms with E-state index in [9.17, 15) is 9.59 Å². The molecule has 1 aliphatic carbocycles. The van der Waals surface area contributed by atoms with Crippen LogP contribution in [0.15, 0.2) is 11.3 Å². The van der Waals surface area contributed by atoms with Gasteiger partial charge in [-0.15, -0.1) is 0 Å². The van der Waals surface area contributed by atoms with Crippen molar-refractivity contribution in [3.8, 4) is 0 Å². The summed E-state index contributed by atoms with van der Waals surface area (Å²) in [6.07, 6.45) is 2.90. The highest BCUT2D eigenvalue weighted by molar-refractivity contribution is 6.00. The van der Waals surface area contributed by atoms with Crippen molar-refractivity contribution >= 4 is 11.7 Å². The summed E-state index contributed by atoms with van der Waals surface area (Å²) >= 11 is 0. The average molecular weight is 206 g/mol. The summed E-state index contributed by atoms with van der Waals surface area (Å²) in [6, 6.07) is 0. The van der Waals surface area contributed by atoms with Crippen molar-refractivity contribution in [3.63, 3.8) is 0 Å². The molecule has 3 aliphatic rings. The molecule has 1 saturated heterocycles. The summed E-state index contributed by atoms with van der Waals surface area (Å²) in [4.78, 5) is 23.3. The fourth-order valence-corrected chi connectivity index (χ4v) is 3.06. The molecular formula is C11H14N2O2. The van der Waals surface area contributed by atoms with Crippen LogP contribution in [0.5, 0.6) is 0 Å². The molecule has 2 heterocycles. The maximum atomic E-state index is 11.9. The third-order valence-corrected chi connectivity index (χ3v) is 3.77. The molecule has 2 N–H and O–H groups in total. The van der Waals surface area contributed by atoms with Gasteiger partial charge in [0.05, 0.1) is 0 Å². The Morgan fingerprint density at radius 1 is 1.27 bits per heavy atom. The molecule has 1 amide bonds. The largest absolute Gasteiger partial charge is 0.368 e. The van der Waals surface area contributed by atoms with E-state index < -0.39 is 0 Å². The number of Topliss-reactive ketones (excluding diaryl/α,β-unsaturated/α-hetero) is 1. The van der Waals surface area contributed by atoms with Gasteiger partial charge in [-0.05, 0) is 12.8 Å². The first-order chi connectivity index (χ1) is 7.11. The van der Waals surface area contributed by atoms with Gasteiger partial charge < -0.3 is 10.6 Å². The molecule has 15 heavy (non-hydrogen) atoms. The van der Waals surface area contributed by atoms with Crippen molar-refractivity contribution < 1.29 is 9.59 Å². The van der Waals surface area contributed by atoms with Gasteiger partial charge in [0.15, 0.2) is 5.78 Å². The number of ketones is 1. The number of allylic oxidation sites excluding steroid dienone is 1. The normalized spacial score (nSPS) is 38.6. The minimum Gasteiger partial charge on any atom is -0.368 e. The van der Waals surface area contributed by atoms with Crippen LogP contribution in [0.1, 0.15) is 32.6 Å². The Morgan fingerprint density at radius 2 is 2.07 bits per heavy atom. The van der Waals surface area contributed by atoms with Crippen LogP contribution in [0.25, 0.3) is 0 Å². The van der Waals surface area contributed by atoms with Gasteiger partial charge in [0.25, 0.3) is 0 Å². The van der Waals surface area contributed by atoms with E-state index in [1.807, 2.05) is 6.92 Å². The zero-order chi connectivity index (χ0) is 10.6. The summed E-state index contributed by atoms with van der Waals surface area (Å²) in [7, 11) is 0. The van der Waals surface area contributed by atoms with Crippen molar-refractivity contribution in [3.05, 3.63) is 11.3 Å². The first-order valence-electron chi connectivity index (χ1n) is 5.44. The second kappa shape index (κ2) is 2.62. The van der Waals surface area contributed by atoms with Gasteiger partial charge in [0.1, 0.15) is 6.17 Å². The molecule has 0 aromatic rings. The van der Waals surface area contributed by atoms with Crippen LogP contribution in [-0.2, 0) is 9.59 Å². The van der Waals surface area contributed by atoms with Crippen LogP contribution >= 0.6 is 0 Å². The van der Waals surface area contributed by atoms with Crippen LogP contribution in [0, 0.1) is 5.41 Å². The molecule has 0 bridgehead atoms. The van der Waals surface area contributed by atoms with E-state index in [2.05, 4.69) is 10.6 Å². The minimum atomic E-state index is -0.302. The molecule has 0 aromatic heterocycles. The molecule has 1 fully saturated rings. The van der Waals surface area contributed by atoms with Crippen LogP contribution in [-0.4, -0.2) is 17.9 Å². The molecular weight excluding hydrogens is 192 g/mol. The fourth-order valence-electron chi connectivity index (χ4n) is 3.06. The smallest absolute Gasteiger partial charge is 0.222 e. The molecule has 0 saturated carbocycles. The SMILES string of the molecule is C[C@@]12CC(=O)N[C@@H]1NC1=C2C(=O)CCC1. The molecule has 0 aromatic carbocycles. The lowest BCUT2D eigenvalue weighted by Crippen LogP contribution is -2.42. The zero-order valence-corrected chi connectivity index (χ0v) is 8.72. The van der Waals surface area contributed by atoms with Gasteiger partial charge in [0.2, 0.25) is 5.91 Å². The van der Waals surface area contributed by atoms with E-state index in [1.54, 1.807) is 0 Å². The van der Waals surface area contributed by atoms with E-state index in [1.165, 1.54) is 0 Å². The van der Waals surface area contributed by atoms with Crippen molar-refractivity contribution in [2.24, 2.45) is 5.41 Å². The predicted octanol–water partition coefficient (Wildman–Crippen LogP) is 0.449. The topological polar surface area (TPSA) is 58.2 Å². The highest BCUT2D eigenvalue weighted by Gasteiger charge is 2.53. The lowest BCUT2D eigenvalue weighted by molar-refractivity contribution is -0.119. The third kappa shape index (κ3) is 1.02. The Balaban J connectivity index is 2.07. The molecule has 0 radical (unpaired) electrons. The number of fused-ring (bicyclic) bond motifs is 2. The molecule has 2 aliphatic heterocycles. The maximum absolute atomic E-state index is 11.9. The van der Waals surface area contributed by atoms with Crippen LogP contribution in [0.2, 0.25) is 0 Å². The van der Waals surface area contributed by atoms with Gasteiger partial charge >= 0.3 is 0 Å². The second-order valence-corrected chi connectivity index (χ2v) is 4.87. The van der Waals surface area contributed by atoms with E-state index in [4.69, 9.17) is 0 Å². The Hall–Kier alpha value is -1.32. The van der Waals surface area contributed by atoms with Gasteiger partial charge in [0, 0.05) is 29.5 Å². The first kappa shape index (κ1) is 8.95. The number of rotatable bonds is 0. The molecule has 4 heteroatoms. The van der Waals surface area contributed by atoms with E-state index in [0.29, 0.717) is 12.8 Å². The lowest BCUT2D eigenvalue weighted by Gasteiger charge is -2.25. The van der Waals surface area contributed by atoms with Crippen LogP contribution in [0.4, 0.5) is 0 Å². The quantitative estimate of drug-likeness (QED) is 0.605. The summed E-state index contributed by atoms with van der Waals surface area (Å²) in [5, 5.41) is 6.17. The van der Waals surface area contributed by atoms with E-state index in [0.717, 1.165) is 24.1 Å². The number of nitrogens with one attached hydrogen (secondary N) is 2. The fraction of sp³-hybridized carbons (Fsp3) is 0.636. The monoisotopic (exact) mass is 206 g/mol.